The predicted molar refractivity (Wildman–Crippen MR) is 52.6 cm³/mol. The molecule has 3 N–H and O–H groups in total. The number of nitrogens with two attached hydrogens (primary N) is 1. The van der Waals surface area contributed by atoms with Crippen molar-refractivity contribution in [3.63, 3.8) is 0 Å². The molecule has 0 aliphatic heterocycles. The normalized spacial score (nSPS) is 8.46. The molecule has 1 aromatic rings. The largest absolute Gasteiger partial charge is 0.483 e. The third-order valence-electron chi connectivity index (χ3n) is 1.55. The highest BCUT2D eigenvalue weighted by Gasteiger charge is 1.88. The molecule has 0 bridgehead atoms. The van der Waals surface area contributed by atoms with Crippen molar-refractivity contribution in [3.8, 4) is 0 Å². The third-order valence-corrected chi connectivity index (χ3v) is 1.55. The third kappa shape index (κ3) is 5.87. The maximum Gasteiger partial charge on any atom is 0.290 e. The lowest BCUT2D eigenvalue weighted by atomic mass is 10.1. The van der Waals surface area contributed by atoms with Crippen LogP contribution in [0.1, 0.15) is 11.1 Å². The quantitative estimate of drug-likeness (QED) is 0.674. The Kier molecular flexibility index (Phi) is 6.55. The molecule has 3 nitrogen and oxygen atoms in total. The van der Waals surface area contributed by atoms with Gasteiger partial charge in [-0.3, -0.25) is 4.79 Å². The first kappa shape index (κ1) is 11.6. The van der Waals surface area contributed by atoms with Gasteiger partial charge in [-0.15, -0.1) is 0 Å². The van der Waals surface area contributed by atoms with Crippen LogP contribution in [0.3, 0.4) is 0 Å². The molecule has 72 valence electrons. The van der Waals surface area contributed by atoms with Crippen LogP contribution < -0.4 is 5.73 Å². The van der Waals surface area contributed by atoms with Gasteiger partial charge in [-0.05, 0) is 25.5 Å². The van der Waals surface area contributed by atoms with Crippen molar-refractivity contribution in [2.75, 3.05) is 6.54 Å². The average molecular weight is 181 g/mol. The summed E-state index contributed by atoms with van der Waals surface area (Å²) in [6.07, 6.45) is 0.986. The Morgan fingerprint density at radius 2 is 1.85 bits per heavy atom. The Labute approximate surface area is 78.2 Å². The van der Waals surface area contributed by atoms with E-state index in [1.807, 2.05) is 0 Å². The summed E-state index contributed by atoms with van der Waals surface area (Å²) in [5.74, 6) is 0. The molecular formula is C10H15NO2. The number of benzene rings is 1. The van der Waals surface area contributed by atoms with Crippen molar-refractivity contribution in [1.29, 1.82) is 0 Å². The second-order valence-electron chi connectivity index (χ2n) is 2.63. The van der Waals surface area contributed by atoms with Crippen molar-refractivity contribution in [2.24, 2.45) is 5.73 Å². The molecule has 0 amide bonds. The van der Waals surface area contributed by atoms with Crippen LogP contribution in [0.2, 0.25) is 0 Å². The van der Waals surface area contributed by atoms with Crippen molar-refractivity contribution >= 4 is 6.47 Å². The summed E-state index contributed by atoms with van der Waals surface area (Å²) in [5, 5.41) is 6.89. The van der Waals surface area contributed by atoms with Gasteiger partial charge in [0.05, 0.1) is 0 Å². The van der Waals surface area contributed by atoms with E-state index in [2.05, 4.69) is 31.2 Å². The van der Waals surface area contributed by atoms with Crippen LogP contribution in [-0.2, 0) is 11.2 Å². The van der Waals surface area contributed by atoms with Gasteiger partial charge in [0.25, 0.3) is 6.47 Å². The second kappa shape index (κ2) is 7.31. The molecule has 0 spiro atoms. The van der Waals surface area contributed by atoms with Gasteiger partial charge in [0, 0.05) is 0 Å². The monoisotopic (exact) mass is 181 g/mol. The summed E-state index contributed by atoms with van der Waals surface area (Å²) in [6, 6.07) is 8.49. The van der Waals surface area contributed by atoms with Gasteiger partial charge in [-0.1, -0.05) is 29.8 Å². The maximum absolute atomic E-state index is 8.36. The number of rotatable bonds is 2. The first-order valence-corrected chi connectivity index (χ1v) is 4.08. The van der Waals surface area contributed by atoms with Gasteiger partial charge in [-0.2, -0.15) is 0 Å². The molecule has 0 aliphatic rings. The van der Waals surface area contributed by atoms with Crippen LogP contribution in [-0.4, -0.2) is 18.1 Å². The summed E-state index contributed by atoms with van der Waals surface area (Å²) in [7, 11) is 0. The van der Waals surface area contributed by atoms with E-state index >= 15 is 0 Å². The Hall–Kier alpha value is -1.35. The summed E-state index contributed by atoms with van der Waals surface area (Å²) >= 11 is 0. The number of aryl methyl sites for hydroxylation is 1. The molecule has 0 aliphatic carbocycles. The van der Waals surface area contributed by atoms with E-state index in [1.54, 1.807) is 0 Å². The second-order valence-corrected chi connectivity index (χ2v) is 2.63. The molecule has 1 rings (SSSR count). The van der Waals surface area contributed by atoms with Crippen molar-refractivity contribution in [1.82, 2.24) is 0 Å². The number of hydrogen-bond donors (Lipinski definition) is 2. The van der Waals surface area contributed by atoms with Gasteiger partial charge in [0.15, 0.2) is 0 Å². The van der Waals surface area contributed by atoms with E-state index in [4.69, 9.17) is 15.6 Å². The molecule has 0 atom stereocenters. The van der Waals surface area contributed by atoms with Crippen LogP contribution in [0.15, 0.2) is 24.3 Å². The van der Waals surface area contributed by atoms with Crippen LogP contribution in [0.4, 0.5) is 0 Å². The highest BCUT2D eigenvalue weighted by atomic mass is 16.3. The zero-order chi connectivity index (χ0) is 10.1. The van der Waals surface area contributed by atoms with Crippen molar-refractivity contribution in [3.05, 3.63) is 35.4 Å². The number of carboxylic acid groups (broad SMARTS) is 1. The minimum Gasteiger partial charge on any atom is -0.483 e. The molecule has 13 heavy (non-hydrogen) atoms. The van der Waals surface area contributed by atoms with E-state index in [0.717, 1.165) is 13.0 Å². The van der Waals surface area contributed by atoms with Gasteiger partial charge in [0.2, 0.25) is 0 Å². The van der Waals surface area contributed by atoms with E-state index < -0.39 is 0 Å². The van der Waals surface area contributed by atoms with Crippen molar-refractivity contribution in [2.45, 2.75) is 13.3 Å². The van der Waals surface area contributed by atoms with Crippen LogP contribution in [0.5, 0.6) is 0 Å². The highest BCUT2D eigenvalue weighted by molar-refractivity contribution is 5.32. The molecule has 3 heteroatoms. The molecule has 0 saturated carbocycles. The Bertz CT molecular complexity index is 231. The molecule has 0 aromatic heterocycles. The van der Waals surface area contributed by atoms with Crippen LogP contribution in [0.25, 0.3) is 0 Å². The fourth-order valence-electron chi connectivity index (χ4n) is 0.921. The lowest BCUT2D eigenvalue weighted by Gasteiger charge is -1.97. The topological polar surface area (TPSA) is 63.3 Å². The van der Waals surface area contributed by atoms with Crippen molar-refractivity contribution < 1.29 is 9.90 Å². The van der Waals surface area contributed by atoms with Gasteiger partial charge >= 0.3 is 0 Å². The van der Waals surface area contributed by atoms with Gasteiger partial charge in [-0.25, -0.2) is 0 Å². The first-order valence-electron chi connectivity index (χ1n) is 4.08. The van der Waals surface area contributed by atoms with E-state index in [1.165, 1.54) is 11.1 Å². The van der Waals surface area contributed by atoms with Gasteiger partial charge in [0.1, 0.15) is 0 Å². The zero-order valence-electron chi connectivity index (χ0n) is 7.73. The fraction of sp³-hybridized carbons (Fsp3) is 0.300. The molecule has 0 radical (unpaired) electrons. The molecule has 0 saturated heterocycles. The Balaban J connectivity index is 0.000000424. The molecule has 0 unspecified atom stereocenters. The maximum atomic E-state index is 8.36. The molecule has 0 heterocycles. The lowest BCUT2D eigenvalue weighted by molar-refractivity contribution is -0.122. The summed E-state index contributed by atoms with van der Waals surface area (Å²) < 4.78 is 0. The molecule has 0 fully saturated rings. The first-order chi connectivity index (χ1) is 6.24. The Morgan fingerprint density at radius 3 is 2.23 bits per heavy atom. The fourth-order valence-corrected chi connectivity index (χ4v) is 0.921. The predicted octanol–water partition coefficient (Wildman–Crippen LogP) is 1.20. The van der Waals surface area contributed by atoms with E-state index in [0.29, 0.717) is 0 Å². The van der Waals surface area contributed by atoms with Crippen LogP contribution >= 0.6 is 0 Å². The van der Waals surface area contributed by atoms with E-state index in [9.17, 15) is 0 Å². The Morgan fingerprint density at radius 1 is 1.38 bits per heavy atom. The number of carbonyl (C=O) groups is 1. The SMILES string of the molecule is Cc1ccc(CCN)cc1.O=CO. The minimum atomic E-state index is -0.250. The summed E-state index contributed by atoms with van der Waals surface area (Å²) in [4.78, 5) is 8.36. The average Bonchev–Trinajstić information content (AvgIpc) is 2.11. The summed E-state index contributed by atoms with van der Waals surface area (Å²) in [5.41, 5.74) is 8.03. The standard InChI is InChI=1S/C9H13N.CH2O2/c1-8-2-4-9(5-3-8)6-7-10;2-1-3/h2-5H,6-7,10H2,1H3;1H,(H,2,3). The van der Waals surface area contributed by atoms with Crippen LogP contribution in [0, 0.1) is 6.92 Å². The molecular weight excluding hydrogens is 166 g/mol. The van der Waals surface area contributed by atoms with E-state index in [-0.39, 0.29) is 6.47 Å². The smallest absolute Gasteiger partial charge is 0.290 e. The summed E-state index contributed by atoms with van der Waals surface area (Å²) in [6.45, 7) is 2.58. The lowest BCUT2D eigenvalue weighted by Crippen LogP contribution is -2.02. The van der Waals surface area contributed by atoms with Gasteiger partial charge < -0.3 is 10.8 Å². The zero-order valence-corrected chi connectivity index (χ0v) is 7.73. The minimum absolute atomic E-state index is 0.250. The molecule has 1 aromatic carbocycles. The highest BCUT2D eigenvalue weighted by Crippen LogP contribution is 2.02. The number of hydrogen-bond acceptors (Lipinski definition) is 2.